The van der Waals surface area contributed by atoms with E-state index in [4.69, 9.17) is 4.52 Å². The SMILES string of the molecule is CCc1ccc(NC(=O)c2cn(-c3ccc(-c4noc(C)n4)cc3)nc2C)cc1. The van der Waals surface area contributed by atoms with Crippen LogP contribution in [0.3, 0.4) is 0 Å². The summed E-state index contributed by atoms with van der Waals surface area (Å²) in [6, 6.07) is 15.4. The van der Waals surface area contributed by atoms with Crippen LogP contribution >= 0.6 is 0 Å². The normalized spacial score (nSPS) is 10.9. The van der Waals surface area contributed by atoms with Crippen LogP contribution < -0.4 is 5.32 Å². The van der Waals surface area contributed by atoms with E-state index in [1.165, 1.54) is 5.56 Å². The summed E-state index contributed by atoms with van der Waals surface area (Å²) in [5.74, 6) is 0.878. The smallest absolute Gasteiger partial charge is 0.259 e. The molecule has 7 nitrogen and oxygen atoms in total. The first-order chi connectivity index (χ1) is 14.0. The van der Waals surface area contributed by atoms with Gasteiger partial charge in [-0.1, -0.05) is 24.2 Å². The van der Waals surface area contributed by atoms with E-state index in [-0.39, 0.29) is 5.91 Å². The standard InChI is InChI=1S/C22H21N5O2/c1-4-16-5-9-18(10-6-16)24-22(28)20-13-27(25-14(20)2)19-11-7-17(8-12-19)21-23-15(3)29-26-21/h5-13H,4H2,1-3H3,(H,24,28). The molecule has 2 aromatic carbocycles. The van der Waals surface area contributed by atoms with Crippen molar-refractivity contribution >= 4 is 11.6 Å². The van der Waals surface area contributed by atoms with Crippen LogP contribution in [0.25, 0.3) is 17.1 Å². The van der Waals surface area contributed by atoms with E-state index in [0.29, 0.717) is 23.0 Å². The molecule has 29 heavy (non-hydrogen) atoms. The number of aromatic nitrogens is 4. The van der Waals surface area contributed by atoms with Crippen LogP contribution in [0, 0.1) is 13.8 Å². The van der Waals surface area contributed by atoms with Gasteiger partial charge in [0.05, 0.1) is 16.9 Å². The largest absolute Gasteiger partial charge is 0.339 e. The molecule has 0 bridgehead atoms. The van der Waals surface area contributed by atoms with Gasteiger partial charge in [-0.15, -0.1) is 0 Å². The number of amides is 1. The van der Waals surface area contributed by atoms with Crippen LogP contribution in [-0.2, 0) is 6.42 Å². The van der Waals surface area contributed by atoms with Crippen LogP contribution in [0.4, 0.5) is 5.69 Å². The molecule has 0 fully saturated rings. The molecule has 0 aliphatic carbocycles. The first-order valence-electron chi connectivity index (χ1n) is 9.41. The van der Waals surface area contributed by atoms with Crippen molar-refractivity contribution in [1.82, 2.24) is 19.9 Å². The van der Waals surface area contributed by atoms with Gasteiger partial charge in [-0.25, -0.2) is 4.68 Å². The molecule has 0 spiro atoms. The minimum atomic E-state index is -0.183. The lowest BCUT2D eigenvalue weighted by Gasteiger charge is -2.05. The number of aryl methyl sites for hydroxylation is 3. The van der Waals surface area contributed by atoms with Gasteiger partial charge in [0, 0.05) is 24.4 Å². The summed E-state index contributed by atoms with van der Waals surface area (Å²) in [6.45, 7) is 5.67. The molecule has 4 rings (SSSR count). The predicted octanol–water partition coefficient (Wildman–Crippen LogP) is 4.35. The predicted molar refractivity (Wildman–Crippen MR) is 110 cm³/mol. The molecule has 1 N–H and O–H groups in total. The van der Waals surface area contributed by atoms with Crippen LogP contribution in [0.5, 0.6) is 0 Å². The maximum Gasteiger partial charge on any atom is 0.259 e. The highest BCUT2D eigenvalue weighted by atomic mass is 16.5. The second kappa shape index (κ2) is 7.71. The van der Waals surface area contributed by atoms with E-state index >= 15 is 0 Å². The van der Waals surface area contributed by atoms with Crippen molar-refractivity contribution in [3.05, 3.63) is 77.4 Å². The Bertz CT molecular complexity index is 1140. The van der Waals surface area contributed by atoms with Gasteiger partial charge in [0.1, 0.15) is 0 Å². The fourth-order valence-electron chi connectivity index (χ4n) is 3.02. The summed E-state index contributed by atoms with van der Waals surface area (Å²) in [5.41, 5.74) is 4.87. The van der Waals surface area contributed by atoms with Gasteiger partial charge in [0.25, 0.3) is 5.91 Å². The summed E-state index contributed by atoms with van der Waals surface area (Å²) >= 11 is 0. The van der Waals surface area contributed by atoms with Crippen LogP contribution in [0.15, 0.2) is 59.3 Å². The van der Waals surface area contributed by atoms with E-state index in [1.54, 1.807) is 17.8 Å². The summed E-state index contributed by atoms with van der Waals surface area (Å²) in [5, 5.41) is 11.3. The number of carbonyl (C=O) groups is 1. The topological polar surface area (TPSA) is 85.8 Å². The second-order valence-electron chi connectivity index (χ2n) is 6.76. The molecule has 7 heteroatoms. The van der Waals surface area contributed by atoms with Crippen LogP contribution in [-0.4, -0.2) is 25.8 Å². The Labute approximate surface area is 168 Å². The molecule has 0 aliphatic heterocycles. The molecule has 0 saturated heterocycles. The molecule has 0 atom stereocenters. The Hall–Kier alpha value is -3.74. The second-order valence-corrected chi connectivity index (χ2v) is 6.76. The third-order valence-electron chi connectivity index (χ3n) is 4.68. The lowest BCUT2D eigenvalue weighted by molar-refractivity contribution is 0.102. The number of hydrogen-bond acceptors (Lipinski definition) is 5. The molecule has 2 aromatic heterocycles. The third kappa shape index (κ3) is 3.94. The Kier molecular flexibility index (Phi) is 4.95. The average Bonchev–Trinajstić information content (AvgIpc) is 3.34. The van der Waals surface area contributed by atoms with Crippen molar-refractivity contribution in [1.29, 1.82) is 0 Å². The molecule has 0 unspecified atom stereocenters. The highest BCUT2D eigenvalue weighted by Crippen LogP contribution is 2.20. The molecule has 0 saturated carbocycles. The minimum absolute atomic E-state index is 0.183. The Balaban J connectivity index is 1.53. The fraction of sp³-hybridized carbons (Fsp3) is 0.182. The monoisotopic (exact) mass is 387 g/mol. The lowest BCUT2D eigenvalue weighted by atomic mass is 10.1. The number of anilines is 1. The van der Waals surface area contributed by atoms with E-state index in [9.17, 15) is 4.79 Å². The Morgan fingerprint density at radius 1 is 1.07 bits per heavy atom. The van der Waals surface area contributed by atoms with E-state index < -0.39 is 0 Å². The van der Waals surface area contributed by atoms with Gasteiger partial charge in [-0.2, -0.15) is 10.1 Å². The number of rotatable bonds is 5. The molecule has 0 aliphatic rings. The maximum atomic E-state index is 12.7. The third-order valence-corrected chi connectivity index (χ3v) is 4.68. The fourth-order valence-corrected chi connectivity index (χ4v) is 3.02. The molecule has 1 amide bonds. The molecular weight excluding hydrogens is 366 g/mol. The molecule has 2 heterocycles. The quantitative estimate of drug-likeness (QED) is 0.550. The number of nitrogens with one attached hydrogen (secondary N) is 1. The Morgan fingerprint density at radius 3 is 2.41 bits per heavy atom. The van der Waals surface area contributed by atoms with Crippen LogP contribution in [0.1, 0.15) is 34.4 Å². The zero-order valence-electron chi connectivity index (χ0n) is 16.5. The average molecular weight is 387 g/mol. The molecule has 0 radical (unpaired) electrons. The van der Waals surface area contributed by atoms with Gasteiger partial charge in [-0.3, -0.25) is 4.79 Å². The first kappa shape index (κ1) is 18.6. The van der Waals surface area contributed by atoms with E-state index in [1.807, 2.05) is 55.5 Å². The maximum absolute atomic E-state index is 12.7. The highest BCUT2D eigenvalue weighted by molar-refractivity contribution is 6.04. The Morgan fingerprint density at radius 2 is 1.79 bits per heavy atom. The zero-order valence-corrected chi connectivity index (χ0v) is 16.5. The van der Waals surface area contributed by atoms with E-state index in [0.717, 1.165) is 23.4 Å². The van der Waals surface area contributed by atoms with Crippen LogP contribution in [0.2, 0.25) is 0 Å². The molecular formula is C22H21N5O2. The van der Waals surface area contributed by atoms with Gasteiger partial charge in [-0.05, 0) is 55.3 Å². The van der Waals surface area contributed by atoms with Gasteiger partial charge in [0.2, 0.25) is 11.7 Å². The van der Waals surface area contributed by atoms with Crippen molar-refractivity contribution in [3.8, 4) is 17.1 Å². The van der Waals surface area contributed by atoms with Crippen molar-refractivity contribution in [3.63, 3.8) is 0 Å². The minimum Gasteiger partial charge on any atom is -0.339 e. The van der Waals surface area contributed by atoms with Gasteiger partial charge in [0.15, 0.2) is 0 Å². The van der Waals surface area contributed by atoms with Gasteiger partial charge >= 0.3 is 0 Å². The number of nitrogens with zero attached hydrogens (tertiary/aromatic N) is 4. The number of benzene rings is 2. The highest BCUT2D eigenvalue weighted by Gasteiger charge is 2.15. The summed E-state index contributed by atoms with van der Waals surface area (Å²) in [7, 11) is 0. The molecule has 4 aromatic rings. The van der Waals surface area contributed by atoms with Crippen molar-refractivity contribution in [2.75, 3.05) is 5.32 Å². The van der Waals surface area contributed by atoms with Crippen molar-refractivity contribution in [2.45, 2.75) is 27.2 Å². The van der Waals surface area contributed by atoms with Crippen molar-refractivity contribution < 1.29 is 9.32 Å². The summed E-state index contributed by atoms with van der Waals surface area (Å²) < 4.78 is 6.71. The first-order valence-corrected chi connectivity index (χ1v) is 9.41. The van der Waals surface area contributed by atoms with E-state index in [2.05, 4.69) is 27.5 Å². The number of hydrogen-bond donors (Lipinski definition) is 1. The summed E-state index contributed by atoms with van der Waals surface area (Å²) in [4.78, 5) is 16.9. The molecule has 146 valence electrons. The van der Waals surface area contributed by atoms with Crippen molar-refractivity contribution in [2.24, 2.45) is 0 Å². The summed E-state index contributed by atoms with van der Waals surface area (Å²) in [6.07, 6.45) is 2.70. The lowest BCUT2D eigenvalue weighted by Crippen LogP contribution is -2.12. The van der Waals surface area contributed by atoms with Gasteiger partial charge < -0.3 is 9.84 Å². The number of carbonyl (C=O) groups excluding carboxylic acids is 1. The zero-order chi connectivity index (χ0) is 20.4.